The number of hydrogen-bond acceptors (Lipinski definition) is 3. The van der Waals surface area contributed by atoms with Gasteiger partial charge in [-0.15, -0.1) is 0 Å². The fourth-order valence-corrected chi connectivity index (χ4v) is 2.15. The third kappa shape index (κ3) is 4.22. The van der Waals surface area contributed by atoms with Crippen LogP contribution in [0.4, 0.5) is 0 Å². The number of nitrogens with one attached hydrogen (secondary N) is 1. The molecule has 1 aliphatic rings. The summed E-state index contributed by atoms with van der Waals surface area (Å²) >= 11 is 0. The second-order valence-electron chi connectivity index (χ2n) is 5.51. The van der Waals surface area contributed by atoms with Gasteiger partial charge in [0.2, 0.25) is 0 Å². The van der Waals surface area contributed by atoms with Crippen LogP contribution < -0.4 is 10.1 Å². The van der Waals surface area contributed by atoms with E-state index in [1.807, 2.05) is 12.1 Å². The Balaban J connectivity index is 2.00. The molecule has 0 heterocycles. The Hall–Kier alpha value is -1.06. The highest BCUT2D eigenvalue weighted by Gasteiger charge is 2.23. The molecule has 1 fully saturated rings. The molecule has 3 heteroatoms. The molecule has 0 saturated heterocycles. The van der Waals surface area contributed by atoms with Gasteiger partial charge in [-0.05, 0) is 37.0 Å². The molecule has 2 rings (SSSR count). The van der Waals surface area contributed by atoms with Crippen molar-refractivity contribution in [2.75, 3.05) is 13.7 Å². The van der Waals surface area contributed by atoms with Crippen molar-refractivity contribution < 1.29 is 9.47 Å². The zero-order valence-corrected chi connectivity index (χ0v) is 12.2. The van der Waals surface area contributed by atoms with Crippen molar-refractivity contribution in [1.82, 2.24) is 5.32 Å². The van der Waals surface area contributed by atoms with Gasteiger partial charge in [0.15, 0.2) is 0 Å². The van der Waals surface area contributed by atoms with Crippen LogP contribution in [-0.2, 0) is 4.74 Å². The molecule has 19 heavy (non-hydrogen) atoms. The second-order valence-corrected chi connectivity index (χ2v) is 5.51. The van der Waals surface area contributed by atoms with Gasteiger partial charge in [0.05, 0.1) is 19.3 Å². The number of methoxy groups -OCH3 is 1. The predicted octanol–water partition coefficient (Wildman–Crippen LogP) is 3.30. The van der Waals surface area contributed by atoms with Crippen molar-refractivity contribution in [3.8, 4) is 5.75 Å². The van der Waals surface area contributed by atoms with Crippen LogP contribution in [0.15, 0.2) is 24.3 Å². The van der Waals surface area contributed by atoms with Gasteiger partial charge in [0, 0.05) is 12.6 Å². The molecule has 0 radical (unpaired) electrons. The van der Waals surface area contributed by atoms with E-state index < -0.39 is 0 Å². The molecule has 0 bridgehead atoms. The van der Waals surface area contributed by atoms with Crippen LogP contribution in [0, 0.1) is 0 Å². The van der Waals surface area contributed by atoms with Crippen molar-refractivity contribution >= 4 is 0 Å². The van der Waals surface area contributed by atoms with Crippen LogP contribution >= 0.6 is 0 Å². The van der Waals surface area contributed by atoms with Gasteiger partial charge in [-0.25, -0.2) is 0 Å². The summed E-state index contributed by atoms with van der Waals surface area (Å²) in [7, 11) is 1.69. The lowest BCUT2D eigenvalue weighted by atomic mass is 9.95. The molecule has 3 nitrogen and oxygen atoms in total. The standard InChI is InChI=1S/C16H25NO2/c1-12(2)17-11-16(19-15-5-4-6-15)13-7-9-14(18-3)10-8-13/h7-10,12,15-17H,4-6,11H2,1-3H3. The summed E-state index contributed by atoms with van der Waals surface area (Å²) in [6.45, 7) is 5.18. The van der Waals surface area contributed by atoms with Crippen molar-refractivity contribution in [2.45, 2.75) is 51.4 Å². The fraction of sp³-hybridized carbons (Fsp3) is 0.625. The molecule has 1 aromatic rings. The quantitative estimate of drug-likeness (QED) is 0.818. The first-order chi connectivity index (χ1) is 9.19. The Bertz CT molecular complexity index is 371. The molecule has 0 spiro atoms. The Morgan fingerprint density at radius 3 is 2.37 bits per heavy atom. The minimum Gasteiger partial charge on any atom is -0.497 e. The summed E-state index contributed by atoms with van der Waals surface area (Å²) < 4.78 is 11.4. The lowest BCUT2D eigenvalue weighted by Crippen LogP contribution is -2.33. The highest BCUT2D eigenvalue weighted by atomic mass is 16.5. The molecule has 1 aliphatic carbocycles. The molecule has 1 atom stereocenters. The number of benzene rings is 1. The van der Waals surface area contributed by atoms with Crippen LogP contribution in [0.3, 0.4) is 0 Å². The van der Waals surface area contributed by atoms with Crippen LogP contribution in [-0.4, -0.2) is 25.8 Å². The third-order valence-corrected chi connectivity index (χ3v) is 3.61. The average Bonchev–Trinajstić information content (AvgIpc) is 2.37. The van der Waals surface area contributed by atoms with Gasteiger partial charge in [-0.2, -0.15) is 0 Å². The lowest BCUT2D eigenvalue weighted by Gasteiger charge is -2.31. The molecular weight excluding hydrogens is 238 g/mol. The highest BCUT2D eigenvalue weighted by Crippen LogP contribution is 2.29. The van der Waals surface area contributed by atoms with E-state index in [0.29, 0.717) is 12.1 Å². The van der Waals surface area contributed by atoms with Crippen molar-refractivity contribution in [1.29, 1.82) is 0 Å². The van der Waals surface area contributed by atoms with Gasteiger partial charge in [0.25, 0.3) is 0 Å². The van der Waals surface area contributed by atoms with Crippen LogP contribution in [0.5, 0.6) is 5.75 Å². The van der Waals surface area contributed by atoms with E-state index in [1.54, 1.807) is 7.11 Å². The number of rotatable bonds is 7. The van der Waals surface area contributed by atoms with E-state index in [-0.39, 0.29) is 6.10 Å². The largest absolute Gasteiger partial charge is 0.497 e. The van der Waals surface area contributed by atoms with Gasteiger partial charge in [-0.3, -0.25) is 0 Å². The fourth-order valence-electron chi connectivity index (χ4n) is 2.15. The number of ether oxygens (including phenoxy) is 2. The smallest absolute Gasteiger partial charge is 0.118 e. The van der Waals surface area contributed by atoms with Gasteiger partial charge < -0.3 is 14.8 Å². The van der Waals surface area contributed by atoms with Crippen molar-refractivity contribution in [3.05, 3.63) is 29.8 Å². The molecule has 0 amide bonds. The van der Waals surface area contributed by atoms with Gasteiger partial charge in [-0.1, -0.05) is 26.0 Å². The van der Waals surface area contributed by atoms with Crippen LogP contribution in [0.1, 0.15) is 44.8 Å². The maximum Gasteiger partial charge on any atom is 0.118 e. The molecule has 0 aromatic heterocycles. The van der Waals surface area contributed by atoms with Gasteiger partial charge >= 0.3 is 0 Å². The third-order valence-electron chi connectivity index (χ3n) is 3.61. The van der Waals surface area contributed by atoms with E-state index in [2.05, 4.69) is 31.3 Å². The first-order valence-corrected chi connectivity index (χ1v) is 7.22. The minimum absolute atomic E-state index is 0.138. The summed E-state index contributed by atoms with van der Waals surface area (Å²) in [6.07, 6.45) is 4.29. The zero-order chi connectivity index (χ0) is 13.7. The first-order valence-electron chi connectivity index (χ1n) is 7.22. The Morgan fingerprint density at radius 2 is 1.89 bits per heavy atom. The van der Waals surface area contributed by atoms with Crippen LogP contribution in [0.25, 0.3) is 0 Å². The van der Waals surface area contributed by atoms with Crippen molar-refractivity contribution in [3.63, 3.8) is 0 Å². The summed E-state index contributed by atoms with van der Waals surface area (Å²) in [4.78, 5) is 0. The molecule has 0 aliphatic heterocycles. The molecule has 1 N–H and O–H groups in total. The molecular formula is C16H25NO2. The summed E-state index contributed by atoms with van der Waals surface area (Å²) in [5, 5.41) is 3.47. The predicted molar refractivity (Wildman–Crippen MR) is 77.6 cm³/mol. The van der Waals surface area contributed by atoms with Gasteiger partial charge in [0.1, 0.15) is 5.75 Å². The van der Waals surface area contributed by atoms with E-state index >= 15 is 0 Å². The first kappa shape index (κ1) is 14.4. The maximum atomic E-state index is 6.19. The summed E-state index contributed by atoms with van der Waals surface area (Å²) in [5.41, 5.74) is 1.22. The second kappa shape index (κ2) is 6.92. The minimum atomic E-state index is 0.138. The molecule has 1 aromatic carbocycles. The monoisotopic (exact) mass is 263 g/mol. The Morgan fingerprint density at radius 1 is 1.21 bits per heavy atom. The van der Waals surface area contributed by atoms with E-state index in [9.17, 15) is 0 Å². The summed E-state index contributed by atoms with van der Waals surface area (Å²) in [5.74, 6) is 0.892. The number of hydrogen-bond donors (Lipinski definition) is 1. The Labute approximate surface area is 116 Å². The van der Waals surface area contributed by atoms with Crippen LogP contribution in [0.2, 0.25) is 0 Å². The SMILES string of the molecule is COc1ccc(C(CNC(C)C)OC2CCC2)cc1. The molecule has 106 valence electrons. The average molecular weight is 263 g/mol. The Kier molecular flexibility index (Phi) is 5.23. The molecule has 1 unspecified atom stereocenters. The van der Waals surface area contributed by atoms with E-state index in [0.717, 1.165) is 12.3 Å². The maximum absolute atomic E-state index is 6.19. The summed E-state index contributed by atoms with van der Waals surface area (Å²) in [6, 6.07) is 8.68. The van der Waals surface area contributed by atoms with E-state index in [4.69, 9.17) is 9.47 Å². The normalized spacial score (nSPS) is 17.3. The lowest BCUT2D eigenvalue weighted by molar-refractivity contribution is -0.0525. The highest BCUT2D eigenvalue weighted by molar-refractivity contribution is 5.28. The molecule has 1 saturated carbocycles. The topological polar surface area (TPSA) is 30.5 Å². The van der Waals surface area contributed by atoms with E-state index in [1.165, 1.54) is 24.8 Å². The van der Waals surface area contributed by atoms with Crippen molar-refractivity contribution in [2.24, 2.45) is 0 Å². The zero-order valence-electron chi connectivity index (χ0n) is 12.2.